The molecule has 7 nitrogen and oxygen atoms in total. The summed E-state index contributed by atoms with van der Waals surface area (Å²) in [6.07, 6.45) is 6.00. The summed E-state index contributed by atoms with van der Waals surface area (Å²) in [5, 5.41) is 10.7. The summed E-state index contributed by atoms with van der Waals surface area (Å²) >= 11 is 0. The second-order valence-corrected chi connectivity index (χ2v) is 4.57. The molecule has 0 amide bonds. The number of furan rings is 1. The van der Waals surface area contributed by atoms with E-state index in [-0.39, 0.29) is 17.3 Å². The molecule has 0 bridgehead atoms. The van der Waals surface area contributed by atoms with Gasteiger partial charge in [0.05, 0.1) is 11.2 Å². The van der Waals surface area contributed by atoms with Gasteiger partial charge in [0.2, 0.25) is 5.90 Å². The normalized spacial score (nSPS) is 15.9. The van der Waals surface area contributed by atoms with E-state index in [1.165, 1.54) is 30.5 Å². The Kier molecular flexibility index (Phi) is 3.84. The van der Waals surface area contributed by atoms with Crippen LogP contribution in [0.25, 0.3) is 12.2 Å². The fraction of sp³-hybridized carbons (Fsp3) is 0. The standard InChI is InChI=1S/C16H10N2O5/c19-16-14(10-13-5-2-8-22-13)17-15(23-16)7-6-11-3-1-4-12(9-11)18(20)21/h1-10H/b7-6-,14-10+. The van der Waals surface area contributed by atoms with E-state index in [0.29, 0.717) is 11.3 Å². The lowest BCUT2D eigenvalue weighted by Gasteiger charge is -1.94. The number of hydrogen-bond donors (Lipinski definition) is 0. The van der Waals surface area contributed by atoms with Crippen LogP contribution in [0, 0.1) is 10.1 Å². The number of non-ortho nitro benzene ring substituents is 1. The molecule has 0 atom stereocenters. The first-order valence-corrected chi connectivity index (χ1v) is 6.60. The largest absolute Gasteiger partial charge is 0.465 e. The number of hydrogen-bond acceptors (Lipinski definition) is 6. The maximum Gasteiger partial charge on any atom is 0.363 e. The number of carbonyl (C=O) groups is 1. The Balaban J connectivity index is 1.79. The minimum atomic E-state index is -0.583. The number of nitro benzene ring substituents is 1. The van der Waals surface area contributed by atoms with E-state index < -0.39 is 10.9 Å². The van der Waals surface area contributed by atoms with Crippen molar-refractivity contribution in [3.8, 4) is 0 Å². The van der Waals surface area contributed by atoms with Gasteiger partial charge in [-0.05, 0) is 23.8 Å². The van der Waals surface area contributed by atoms with E-state index in [0.717, 1.165) is 0 Å². The predicted molar refractivity (Wildman–Crippen MR) is 82.3 cm³/mol. The second-order valence-electron chi connectivity index (χ2n) is 4.57. The van der Waals surface area contributed by atoms with Gasteiger partial charge in [0, 0.05) is 24.3 Å². The van der Waals surface area contributed by atoms with Gasteiger partial charge in [-0.25, -0.2) is 9.79 Å². The van der Waals surface area contributed by atoms with Crippen molar-refractivity contribution in [3.05, 3.63) is 75.9 Å². The summed E-state index contributed by atoms with van der Waals surface area (Å²) in [6.45, 7) is 0. The first kappa shape index (κ1) is 14.5. The van der Waals surface area contributed by atoms with Crippen LogP contribution in [0.4, 0.5) is 5.69 Å². The molecule has 2 heterocycles. The van der Waals surface area contributed by atoms with Crippen molar-refractivity contribution in [1.82, 2.24) is 0 Å². The summed E-state index contributed by atoms with van der Waals surface area (Å²) in [4.78, 5) is 26.0. The average Bonchev–Trinajstić information content (AvgIpc) is 3.16. The summed E-state index contributed by atoms with van der Waals surface area (Å²) in [7, 11) is 0. The fourth-order valence-electron chi connectivity index (χ4n) is 1.91. The molecule has 0 aliphatic carbocycles. The Bertz CT molecular complexity index is 847. The summed E-state index contributed by atoms with van der Waals surface area (Å²) in [5.74, 6) is 0.0176. The smallest absolute Gasteiger partial charge is 0.363 e. The minimum Gasteiger partial charge on any atom is -0.465 e. The minimum absolute atomic E-state index is 0.0177. The van der Waals surface area contributed by atoms with Gasteiger partial charge in [-0.15, -0.1) is 0 Å². The molecule has 0 saturated heterocycles. The zero-order valence-electron chi connectivity index (χ0n) is 11.7. The van der Waals surface area contributed by atoms with Gasteiger partial charge in [-0.2, -0.15) is 0 Å². The maximum absolute atomic E-state index is 11.7. The van der Waals surface area contributed by atoms with Gasteiger partial charge in [-0.1, -0.05) is 12.1 Å². The number of ether oxygens (including phenoxy) is 1. The molecule has 1 aromatic heterocycles. The van der Waals surface area contributed by atoms with Crippen LogP contribution in [-0.2, 0) is 9.53 Å². The number of cyclic esters (lactones) is 1. The van der Waals surface area contributed by atoms with E-state index in [9.17, 15) is 14.9 Å². The fourth-order valence-corrected chi connectivity index (χ4v) is 1.91. The number of benzene rings is 1. The number of rotatable bonds is 4. The Hall–Kier alpha value is -3.48. The van der Waals surface area contributed by atoms with Gasteiger partial charge in [-0.3, -0.25) is 10.1 Å². The zero-order chi connectivity index (χ0) is 16.2. The Labute approximate surface area is 130 Å². The molecule has 1 aliphatic heterocycles. The van der Waals surface area contributed by atoms with Crippen LogP contribution in [0.1, 0.15) is 11.3 Å². The van der Waals surface area contributed by atoms with Crippen LogP contribution in [0.3, 0.4) is 0 Å². The van der Waals surface area contributed by atoms with E-state index in [4.69, 9.17) is 9.15 Å². The third-order valence-corrected chi connectivity index (χ3v) is 2.96. The number of nitro groups is 1. The van der Waals surface area contributed by atoms with Crippen molar-refractivity contribution in [2.75, 3.05) is 0 Å². The summed E-state index contributed by atoms with van der Waals surface area (Å²) in [5.41, 5.74) is 0.705. The molecule has 3 rings (SSSR count). The summed E-state index contributed by atoms with van der Waals surface area (Å²) < 4.78 is 10.1. The molecule has 0 spiro atoms. The third kappa shape index (κ3) is 3.41. The molecule has 0 N–H and O–H groups in total. The van der Waals surface area contributed by atoms with Gasteiger partial charge in [0.25, 0.3) is 5.69 Å². The lowest BCUT2D eigenvalue weighted by molar-refractivity contribution is -0.384. The van der Waals surface area contributed by atoms with Crippen LogP contribution in [-0.4, -0.2) is 16.8 Å². The number of nitrogens with zero attached hydrogens (tertiary/aromatic N) is 2. The highest BCUT2D eigenvalue weighted by atomic mass is 16.6. The van der Waals surface area contributed by atoms with Gasteiger partial charge >= 0.3 is 5.97 Å². The molecule has 0 radical (unpaired) electrons. The first-order chi connectivity index (χ1) is 11.1. The Morgan fingerprint density at radius 3 is 2.78 bits per heavy atom. The van der Waals surface area contributed by atoms with Crippen molar-refractivity contribution in [1.29, 1.82) is 0 Å². The highest BCUT2D eigenvalue weighted by Crippen LogP contribution is 2.18. The van der Waals surface area contributed by atoms with Crippen LogP contribution in [0.15, 0.2) is 63.8 Å². The SMILES string of the molecule is O=C1OC(/C=C\c2cccc([N+](=O)[O-])c2)=NC/1=C/c1ccco1. The molecular weight excluding hydrogens is 300 g/mol. The Morgan fingerprint density at radius 2 is 2.04 bits per heavy atom. The van der Waals surface area contributed by atoms with Gasteiger partial charge < -0.3 is 9.15 Å². The van der Waals surface area contributed by atoms with Gasteiger partial charge in [0.1, 0.15) is 5.76 Å². The van der Waals surface area contributed by atoms with Crippen molar-refractivity contribution >= 4 is 29.7 Å². The van der Waals surface area contributed by atoms with Crippen molar-refractivity contribution in [2.24, 2.45) is 4.99 Å². The summed E-state index contributed by atoms with van der Waals surface area (Å²) in [6, 6.07) is 9.46. The topological polar surface area (TPSA) is 94.9 Å². The van der Waals surface area contributed by atoms with E-state index in [1.807, 2.05) is 0 Å². The predicted octanol–water partition coefficient (Wildman–Crippen LogP) is 3.20. The second kappa shape index (κ2) is 6.10. The molecule has 0 unspecified atom stereocenters. The van der Waals surface area contributed by atoms with E-state index in [2.05, 4.69) is 4.99 Å². The maximum atomic E-state index is 11.7. The van der Waals surface area contributed by atoms with E-state index in [1.54, 1.807) is 30.3 Å². The molecule has 1 aliphatic rings. The quantitative estimate of drug-likeness (QED) is 0.374. The van der Waals surface area contributed by atoms with E-state index >= 15 is 0 Å². The van der Waals surface area contributed by atoms with Crippen molar-refractivity contribution < 1.29 is 18.9 Å². The Morgan fingerprint density at radius 1 is 1.17 bits per heavy atom. The van der Waals surface area contributed by atoms with Gasteiger partial charge in [0.15, 0.2) is 5.70 Å². The highest BCUT2D eigenvalue weighted by Gasteiger charge is 2.21. The molecule has 0 fully saturated rings. The molecule has 23 heavy (non-hydrogen) atoms. The number of aliphatic imine (C=N–C) groups is 1. The molecule has 0 saturated carbocycles. The molecule has 114 valence electrons. The molecule has 1 aromatic carbocycles. The molecular formula is C16H10N2O5. The van der Waals surface area contributed by atoms with Crippen molar-refractivity contribution in [3.63, 3.8) is 0 Å². The first-order valence-electron chi connectivity index (χ1n) is 6.60. The van der Waals surface area contributed by atoms with Crippen LogP contribution in [0.2, 0.25) is 0 Å². The lowest BCUT2D eigenvalue weighted by atomic mass is 10.2. The molecule has 7 heteroatoms. The van der Waals surface area contributed by atoms with Crippen LogP contribution >= 0.6 is 0 Å². The number of carbonyl (C=O) groups excluding carboxylic acids is 1. The monoisotopic (exact) mass is 310 g/mol. The van der Waals surface area contributed by atoms with Crippen LogP contribution < -0.4 is 0 Å². The zero-order valence-corrected chi connectivity index (χ0v) is 11.7. The van der Waals surface area contributed by atoms with Crippen LogP contribution in [0.5, 0.6) is 0 Å². The van der Waals surface area contributed by atoms with Crippen molar-refractivity contribution in [2.45, 2.75) is 0 Å². The lowest BCUT2D eigenvalue weighted by Crippen LogP contribution is -2.01. The average molecular weight is 310 g/mol. The number of esters is 1. The molecule has 2 aromatic rings. The highest BCUT2D eigenvalue weighted by molar-refractivity contribution is 6.11. The third-order valence-electron chi connectivity index (χ3n) is 2.96.